The Morgan fingerprint density at radius 2 is 2.12 bits per heavy atom. The van der Waals surface area contributed by atoms with Crippen LogP contribution in [0, 0.1) is 6.92 Å². The maximum Gasteiger partial charge on any atom is 0.272 e. The summed E-state index contributed by atoms with van der Waals surface area (Å²) in [7, 11) is 4.03. The highest BCUT2D eigenvalue weighted by Gasteiger charge is 2.20. The van der Waals surface area contributed by atoms with Crippen molar-refractivity contribution in [1.29, 1.82) is 0 Å². The standard InChI is InChI=1S/C18H21N3OS2/c1-11-8-15-17(24-11)14(10-21(2)3)16(20-15)18(22)19-12-6-5-7-13(9-12)23-4/h5-9,20H,10H2,1-4H3,(H,19,22). The normalized spacial score (nSPS) is 11.4. The highest BCUT2D eigenvalue weighted by atomic mass is 32.2. The van der Waals surface area contributed by atoms with Gasteiger partial charge in [0.15, 0.2) is 0 Å². The van der Waals surface area contributed by atoms with Gasteiger partial charge in [-0.05, 0) is 51.5 Å². The number of anilines is 1. The Morgan fingerprint density at radius 1 is 1.33 bits per heavy atom. The summed E-state index contributed by atoms with van der Waals surface area (Å²) in [6, 6.07) is 10.00. The predicted octanol–water partition coefficient (Wildman–Crippen LogP) is 4.57. The molecule has 126 valence electrons. The van der Waals surface area contributed by atoms with Gasteiger partial charge in [-0.1, -0.05) is 6.07 Å². The van der Waals surface area contributed by atoms with Crippen LogP contribution in [0.3, 0.4) is 0 Å². The molecule has 3 rings (SSSR count). The topological polar surface area (TPSA) is 48.1 Å². The van der Waals surface area contributed by atoms with Crippen molar-refractivity contribution in [3.05, 3.63) is 46.5 Å². The number of benzene rings is 1. The van der Waals surface area contributed by atoms with Crippen LogP contribution in [0.4, 0.5) is 5.69 Å². The molecule has 0 bridgehead atoms. The van der Waals surface area contributed by atoms with Crippen LogP contribution in [-0.2, 0) is 6.54 Å². The van der Waals surface area contributed by atoms with Gasteiger partial charge in [-0.15, -0.1) is 23.1 Å². The molecule has 2 heterocycles. The maximum atomic E-state index is 12.8. The molecule has 0 aliphatic rings. The van der Waals surface area contributed by atoms with E-state index in [9.17, 15) is 4.79 Å². The van der Waals surface area contributed by atoms with Gasteiger partial charge in [0.1, 0.15) is 5.69 Å². The minimum atomic E-state index is -0.0915. The molecule has 0 spiro atoms. The molecule has 0 unspecified atom stereocenters. The van der Waals surface area contributed by atoms with E-state index in [0.29, 0.717) is 5.69 Å². The lowest BCUT2D eigenvalue weighted by Crippen LogP contribution is -2.18. The number of hydrogen-bond donors (Lipinski definition) is 2. The average Bonchev–Trinajstić information content (AvgIpc) is 3.04. The number of thiophene rings is 1. The first-order chi connectivity index (χ1) is 11.5. The number of carbonyl (C=O) groups excluding carboxylic acids is 1. The Kier molecular flexibility index (Phi) is 4.99. The Balaban J connectivity index is 1.94. The van der Waals surface area contributed by atoms with Crippen LogP contribution in [0.15, 0.2) is 35.2 Å². The number of aryl methyl sites for hydroxylation is 1. The molecule has 0 saturated carbocycles. The second-order valence-electron chi connectivity index (χ2n) is 6.00. The fraction of sp³-hybridized carbons (Fsp3) is 0.278. The van der Waals surface area contributed by atoms with Crippen LogP contribution in [0.2, 0.25) is 0 Å². The third kappa shape index (κ3) is 3.50. The summed E-state index contributed by atoms with van der Waals surface area (Å²) >= 11 is 3.39. The summed E-state index contributed by atoms with van der Waals surface area (Å²) in [6.45, 7) is 2.82. The zero-order valence-corrected chi connectivity index (χ0v) is 15.9. The number of nitrogens with one attached hydrogen (secondary N) is 2. The number of rotatable bonds is 5. The molecule has 2 aromatic heterocycles. The van der Waals surface area contributed by atoms with Crippen LogP contribution < -0.4 is 5.32 Å². The number of fused-ring (bicyclic) bond motifs is 1. The quantitative estimate of drug-likeness (QED) is 0.656. The Morgan fingerprint density at radius 3 is 2.83 bits per heavy atom. The maximum absolute atomic E-state index is 12.8. The first-order valence-electron chi connectivity index (χ1n) is 7.69. The van der Waals surface area contributed by atoms with E-state index in [2.05, 4.69) is 28.2 Å². The van der Waals surface area contributed by atoms with Gasteiger partial charge >= 0.3 is 0 Å². The van der Waals surface area contributed by atoms with Crippen LogP contribution in [0.5, 0.6) is 0 Å². The molecular formula is C18H21N3OS2. The second-order valence-corrected chi connectivity index (χ2v) is 8.14. The van der Waals surface area contributed by atoms with E-state index < -0.39 is 0 Å². The lowest BCUT2D eigenvalue weighted by atomic mass is 10.2. The number of aromatic amines is 1. The van der Waals surface area contributed by atoms with E-state index in [1.807, 2.05) is 44.6 Å². The minimum absolute atomic E-state index is 0.0915. The van der Waals surface area contributed by atoms with Crippen molar-refractivity contribution in [3.63, 3.8) is 0 Å². The second kappa shape index (κ2) is 7.01. The van der Waals surface area contributed by atoms with Crippen LogP contribution in [0.1, 0.15) is 20.9 Å². The van der Waals surface area contributed by atoms with Crippen molar-refractivity contribution < 1.29 is 4.79 Å². The number of aromatic nitrogens is 1. The fourth-order valence-corrected chi connectivity index (χ4v) is 4.18. The Labute approximate surface area is 150 Å². The van der Waals surface area contributed by atoms with Crippen LogP contribution in [0.25, 0.3) is 10.2 Å². The number of H-pyrrole nitrogens is 1. The summed E-state index contributed by atoms with van der Waals surface area (Å²) < 4.78 is 1.17. The molecule has 0 radical (unpaired) electrons. The summed E-state index contributed by atoms with van der Waals surface area (Å²) in [4.78, 5) is 20.6. The summed E-state index contributed by atoms with van der Waals surface area (Å²) in [5.41, 5.74) is 3.57. The van der Waals surface area contributed by atoms with Crippen LogP contribution >= 0.6 is 23.1 Å². The van der Waals surface area contributed by atoms with Gasteiger partial charge in [-0.3, -0.25) is 4.79 Å². The molecule has 1 amide bonds. The SMILES string of the molecule is CSc1cccc(NC(=O)c2[nH]c3cc(C)sc3c2CN(C)C)c1. The molecule has 0 aliphatic heterocycles. The van der Waals surface area contributed by atoms with Gasteiger partial charge in [-0.25, -0.2) is 0 Å². The predicted molar refractivity (Wildman–Crippen MR) is 104 cm³/mol. The third-order valence-electron chi connectivity index (χ3n) is 3.72. The molecular weight excluding hydrogens is 338 g/mol. The van der Waals surface area contributed by atoms with Crippen LogP contribution in [-0.4, -0.2) is 36.1 Å². The fourth-order valence-electron chi connectivity index (χ4n) is 2.71. The molecule has 3 aromatic rings. The van der Waals surface area contributed by atoms with Gasteiger partial charge in [0, 0.05) is 27.6 Å². The van der Waals surface area contributed by atoms with Crippen molar-refractivity contribution >= 4 is 44.9 Å². The van der Waals surface area contributed by atoms with Crippen molar-refractivity contribution in [2.75, 3.05) is 25.7 Å². The molecule has 6 heteroatoms. The monoisotopic (exact) mass is 359 g/mol. The van der Waals surface area contributed by atoms with Gasteiger partial charge < -0.3 is 15.2 Å². The van der Waals surface area contributed by atoms with Gasteiger partial charge in [0.05, 0.1) is 10.2 Å². The summed E-state index contributed by atoms with van der Waals surface area (Å²) in [5, 5.41) is 3.01. The van der Waals surface area contributed by atoms with Gasteiger partial charge in [0.25, 0.3) is 5.91 Å². The number of thioether (sulfide) groups is 1. The highest BCUT2D eigenvalue weighted by molar-refractivity contribution is 7.98. The zero-order valence-electron chi connectivity index (χ0n) is 14.3. The number of hydrogen-bond acceptors (Lipinski definition) is 4. The Bertz CT molecular complexity index is 880. The first kappa shape index (κ1) is 17.1. The van der Waals surface area contributed by atoms with Crippen molar-refractivity contribution in [1.82, 2.24) is 9.88 Å². The van der Waals surface area contributed by atoms with E-state index in [0.717, 1.165) is 28.2 Å². The molecule has 24 heavy (non-hydrogen) atoms. The largest absolute Gasteiger partial charge is 0.350 e. The number of amides is 1. The zero-order chi connectivity index (χ0) is 17.3. The smallest absolute Gasteiger partial charge is 0.272 e. The molecule has 0 fully saturated rings. The lowest BCUT2D eigenvalue weighted by molar-refractivity contribution is 0.102. The molecule has 0 aliphatic carbocycles. The van der Waals surface area contributed by atoms with Gasteiger partial charge in [0.2, 0.25) is 0 Å². The molecule has 4 nitrogen and oxygen atoms in total. The average molecular weight is 360 g/mol. The van der Waals surface area contributed by atoms with E-state index in [1.165, 1.54) is 9.58 Å². The molecule has 1 aromatic carbocycles. The third-order valence-corrected chi connectivity index (χ3v) is 5.56. The highest BCUT2D eigenvalue weighted by Crippen LogP contribution is 2.32. The molecule has 2 N–H and O–H groups in total. The van der Waals surface area contributed by atoms with Crippen molar-refractivity contribution in [3.8, 4) is 0 Å². The van der Waals surface area contributed by atoms with E-state index in [-0.39, 0.29) is 5.91 Å². The van der Waals surface area contributed by atoms with Crippen molar-refractivity contribution in [2.45, 2.75) is 18.4 Å². The lowest BCUT2D eigenvalue weighted by Gasteiger charge is -2.11. The number of carbonyl (C=O) groups is 1. The van der Waals surface area contributed by atoms with Gasteiger partial charge in [-0.2, -0.15) is 0 Å². The van der Waals surface area contributed by atoms with E-state index >= 15 is 0 Å². The minimum Gasteiger partial charge on any atom is -0.350 e. The first-order valence-corrected chi connectivity index (χ1v) is 9.73. The van der Waals surface area contributed by atoms with E-state index in [1.54, 1.807) is 23.1 Å². The molecule has 0 atom stereocenters. The summed E-state index contributed by atoms with van der Waals surface area (Å²) in [6.07, 6.45) is 2.03. The Hall–Kier alpha value is -1.76. The number of nitrogens with zero attached hydrogens (tertiary/aromatic N) is 1. The summed E-state index contributed by atoms with van der Waals surface area (Å²) in [5.74, 6) is -0.0915. The molecule has 0 saturated heterocycles. The van der Waals surface area contributed by atoms with E-state index in [4.69, 9.17) is 0 Å². The van der Waals surface area contributed by atoms with Crippen molar-refractivity contribution in [2.24, 2.45) is 0 Å².